The van der Waals surface area contributed by atoms with Crippen LogP contribution in [-0.4, -0.2) is 68.0 Å². The van der Waals surface area contributed by atoms with Gasteiger partial charge in [-0.25, -0.2) is 4.98 Å². The summed E-state index contributed by atoms with van der Waals surface area (Å²) < 4.78 is 1.98. The van der Waals surface area contributed by atoms with E-state index in [-0.39, 0.29) is 5.91 Å². The molecule has 0 atom stereocenters. The van der Waals surface area contributed by atoms with Crippen LogP contribution in [0.15, 0.2) is 24.3 Å². The molecule has 1 saturated heterocycles. The van der Waals surface area contributed by atoms with Crippen molar-refractivity contribution in [2.45, 2.75) is 33.1 Å². The van der Waals surface area contributed by atoms with Gasteiger partial charge in [-0.05, 0) is 38.8 Å². The maximum Gasteiger partial charge on any atom is 0.236 e. The molecular formula is C22H31N9O. The molecule has 1 fully saturated rings. The number of aromatic nitrogens is 5. The highest BCUT2D eigenvalue weighted by Crippen LogP contribution is 2.21. The van der Waals surface area contributed by atoms with Crippen molar-refractivity contribution in [3.05, 3.63) is 24.3 Å². The highest BCUT2D eigenvalue weighted by atomic mass is 16.2. The van der Waals surface area contributed by atoms with Crippen molar-refractivity contribution < 1.29 is 4.79 Å². The molecular weight excluding hydrogens is 406 g/mol. The summed E-state index contributed by atoms with van der Waals surface area (Å²) in [6.07, 6.45) is 2.47. The normalized spacial score (nSPS) is 13.7. The lowest BCUT2D eigenvalue weighted by Crippen LogP contribution is -2.27. The predicted octanol–water partition coefficient (Wildman–Crippen LogP) is 2.77. The number of fused-ring (bicyclic) bond motifs is 1. The summed E-state index contributed by atoms with van der Waals surface area (Å²) in [6.45, 7) is 8.04. The largest absolute Gasteiger partial charge is 0.354 e. The number of aryl methyl sites for hydroxylation is 1. The summed E-state index contributed by atoms with van der Waals surface area (Å²) >= 11 is 0. The number of likely N-dealkylation sites (tertiary alicyclic amines) is 1. The van der Waals surface area contributed by atoms with Crippen molar-refractivity contribution in [3.8, 4) is 0 Å². The average Bonchev–Trinajstić information content (AvgIpc) is 3.35. The third-order valence-corrected chi connectivity index (χ3v) is 5.74. The number of amides is 1. The van der Waals surface area contributed by atoms with Crippen LogP contribution in [0.4, 0.5) is 23.8 Å². The van der Waals surface area contributed by atoms with Crippen LogP contribution in [0.1, 0.15) is 33.1 Å². The standard InChI is InChI=1S/C22H31N9O/c1-4-30(5-2)22-26-19(23-13-9-15-31-14-8-12-18(31)32)25-20(28-22)27-21-24-16-10-6-7-11-17(16)29(21)3/h6-7,10-11H,4-5,8-9,12-15H2,1-3H3,(H2,23,24,25,26,27,28). The van der Waals surface area contributed by atoms with E-state index in [0.717, 1.165) is 50.1 Å². The quantitative estimate of drug-likeness (QED) is 0.467. The van der Waals surface area contributed by atoms with Crippen molar-refractivity contribution in [2.75, 3.05) is 48.3 Å². The second-order valence-corrected chi connectivity index (χ2v) is 7.83. The summed E-state index contributed by atoms with van der Waals surface area (Å²) in [7, 11) is 1.96. The number of hydrogen-bond acceptors (Lipinski definition) is 8. The molecule has 10 nitrogen and oxygen atoms in total. The van der Waals surface area contributed by atoms with Gasteiger partial charge >= 0.3 is 0 Å². The zero-order valence-electron chi connectivity index (χ0n) is 19.0. The predicted molar refractivity (Wildman–Crippen MR) is 126 cm³/mol. The Morgan fingerprint density at radius 1 is 1.06 bits per heavy atom. The van der Waals surface area contributed by atoms with E-state index in [0.29, 0.717) is 36.8 Å². The first-order chi connectivity index (χ1) is 15.6. The molecule has 170 valence electrons. The molecule has 3 heterocycles. The number of benzene rings is 1. The smallest absolute Gasteiger partial charge is 0.236 e. The van der Waals surface area contributed by atoms with E-state index in [1.807, 2.05) is 40.8 Å². The summed E-state index contributed by atoms with van der Waals surface area (Å²) in [6, 6.07) is 7.97. The molecule has 0 saturated carbocycles. The lowest BCUT2D eigenvalue weighted by molar-refractivity contribution is -0.127. The minimum absolute atomic E-state index is 0.253. The van der Waals surface area contributed by atoms with Crippen molar-refractivity contribution in [1.82, 2.24) is 29.4 Å². The monoisotopic (exact) mass is 437 g/mol. The molecule has 10 heteroatoms. The number of carbonyl (C=O) groups is 1. The lowest BCUT2D eigenvalue weighted by atomic mass is 10.3. The van der Waals surface area contributed by atoms with Gasteiger partial charge in [0.25, 0.3) is 0 Å². The Hall–Kier alpha value is -3.43. The van der Waals surface area contributed by atoms with E-state index in [2.05, 4.69) is 49.3 Å². The minimum Gasteiger partial charge on any atom is -0.354 e. The Morgan fingerprint density at radius 3 is 2.56 bits per heavy atom. The number of nitrogens with one attached hydrogen (secondary N) is 2. The van der Waals surface area contributed by atoms with Crippen LogP contribution >= 0.6 is 0 Å². The first-order valence-corrected chi connectivity index (χ1v) is 11.3. The van der Waals surface area contributed by atoms with E-state index in [4.69, 9.17) is 0 Å². The van der Waals surface area contributed by atoms with Crippen molar-refractivity contribution in [3.63, 3.8) is 0 Å². The van der Waals surface area contributed by atoms with Crippen LogP contribution < -0.4 is 15.5 Å². The SMILES string of the molecule is CCN(CC)c1nc(NCCCN2CCCC2=O)nc(Nc2nc3ccccc3n2C)n1. The van der Waals surface area contributed by atoms with Gasteiger partial charge in [-0.1, -0.05) is 12.1 Å². The average molecular weight is 438 g/mol. The fourth-order valence-electron chi connectivity index (χ4n) is 3.92. The molecule has 1 aliphatic rings. The van der Waals surface area contributed by atoms with Crippen molar-refractivity contribution in [2.24, 2.45) is 7.05 Å². The minimum atomic E-state index is 0.253. The van der Waals surface area contributed by atoms with Crippen molar-refractivity contribution >= 4 is 40.7 Å². The second kappa shape index (κ2) is 9.80. The first kappa shape index (κ1) is 21.8. The molecule has 4 rings (SSSR count). The van der Waals surface area contributed by atoms with Gasteiger partial charge in [0, 0.05) is 46.2 Å². The Morgan fingerprint density at radius 2 is 1.84 bits per heavy atom. The van der Waals surface area contributed by atoms with Crippen LogP contribution in [0.25, 0.3) is 11.0 Å². The molecule has 1 aliphatic heterocycles. The summed E-state index contributed by atoms with van der Waals surface area (Å²) in [5, 5.41) is 6.56. The van der Waals surface area contributed by atoms with Gasteiger partial charge < -0.3 is 19.7 Å². The van der Waals surface area contributed by atoms with E-state index in [1.165, 1.54) is 0 Å². The number of imidazole rings is 1. The molecule has 3 aromatic rings. The van der Waals surface area contributed by atoms with Crippen LogP contribution in [0.2, 0.25) is 0 Å². The van der Waals surface area contributed by atoms with E-state index in [1.54, 1.807) is 0 Å². The molecule has 0 radical (unpaired) electrons. The Kier molecular flexibility index (Phi) is 6.67. The van der Waals surface area contributed by atoms with Gasteiger partial charge in [0.05, 0.1) is 11.0 Å². The highest BCUT2D eigenvalue weighted by molar-refractivity contribution is 5.79. The molecule has 0 spiro atoms. The van der Waals surface area contributed by atoms with E-state index < -0.39 is 0 Å². The molecule has 32 heavy (non-hydrogen) atoms. The number of carbonyl (C=O) groups excluding carboxylic acids is 1. The summed E-state index contributed by atoms with van der Waals surface area (Å²) in [5.74, 6) is 2.49. The third kappa shape index (κ3) is 4.74. The topological polar surface area (TPSA) is 104 Å². The van der Waals surface area contributed by atoms with Crippen molar-refractivity contribution in [1.29, 1.82) is 0 Å². The number of rotatable bonds is 10. The number of nitrogens with zero attached hydrogens (tertiary/aromatic N) is 7. The number of hydrogen-bond donors (Lipinski definition) is 2. The van der Waals surface area contributed by atoms with Crippen LogP contribution in [0.5, 0.6) is 0 Å². The molecule has 1 aromatic carbocycles. The molecule has 0 unspecified atom stereocenters. The molecule has 2 N–H and O–H groups in total. The highest BCUT2D eigenvalue weighted by Gasteiger charge is 2.19. The Balaban J connectivity index is 1.50. The maximum absolute atomic E-state index is 11.8. The molecule has 0 aliphatic carbocycles. The zero-order valence-corrected chi connectivity index (χ0v) is 19.0. The first-order valence-electron chi connectivity index (χ1n) is 11.3. The van der Waals surface area contributed by atoms with Gasteiger partial charge in [-0.3, -0.25) is 10.1 Å². The number of para-hydroxylation sites is 2. The van der Waals surface area contributed by atoms with Gasteiger partial charge in [0.2, 0.25) is 29.7 Å². The van der Waals surface area contributed by atoms with E-state index >= 15 is 0 Å². The van der Waals surface area contributed by atoms with Crippen LogP contribution in [0.3, 0.4) is 0 Å². The van der Waals surface area contributed by atoms with Crippen LogP contribution in [-0.2, 0) is 11.8 Å². The summed E-state index contributed by atoms with van der Waals surface area (Å²) in [4.78, 5) is 34.3. The van der Waals surface area contributed by atoms with Gasteiger partial charge in [0.1, 0.15) is 0 Å². The Bertz CT molecular complexity index is 1080. The zero-order chi connectivity index (χ0) is 22.5. The molecule has 2 aromatic heterocycles. The third-order valence-electron chi connectivity index (χ3n) is 5.74. The fourth-order valence-corrected chi connectivity index (χ4v) is 3.92. The Labute approximate surface area is 188 Å². The molecule has 1 amide bonds. The van der Waals surface area contributed by atoms with Gasteiger partial charge in [-0.2, -0.15) is 15.0 Å². The second-order valence-electron chi connectivity index (χ2n) is 7.83. The number of anilines is 4. The van der Waals surface area contributed by atoms with Gasteiger partial charge in [-0.15, -0.1) is 0 Å². The van der Waals surface area contributed by atoms with E-state index in [9.17, 15) is 4.79 Å². The van der Waals surface area contributed by atoms with Gasteiger partial charge in [0.15, 0.2) is 0 Å². The molecule has 0 bridgehead atoms. The lowest BCUT2D eigenvalue weighted by Gasteiger charge is -2.20. The van der Waals surface area contributed by atoms with Crippen LogP contribution in [0, 0.1) is 0 Å². The maximum atomic E-state index is 11.8. The fraction of sp³-hybridized carbons (Fsp3) is 0.500. The summed E-state index contributed by atoms with van der Waals surface area (Å²) in [5.41, 5.74) is 1.94.